The lowest BCUT2D eigenvalue weighted by molar-refractivity contribution is -0.385. The first-order chi connectivity index (χ1) is 13.5. The fraction of sp³-hybridized carbons (Fsp3) is 0.0870. The summed E-state index contributed by atoms with van der Waals surface area (Å²) in [4.78, 5) is 23.0. The number of nitro groups is 1. The standard InChI is InChI=1S/C23H19NO4/c1-17(25)21(20-10-6-3-7-11-20)14-19-12-13-22(24(26)27)23(15-19)28-16-18-8-4-2-5-9-18/h2-15H,16H2,1H3/b21-14+. The molecular weight excluding hydrogens is 354 g/mol. The third kappa shape index (κ3) is 4.71. The molecule has 0 saturated heterocycles. The summed E-state index contributed by atoms with van der Waals surface area (Å²) in [5, 5.41) is 11.4. The average molecular weight is 373 g/mol. The summed E-state index contributed by atoms with van der Waals surface area (Å²) in [6.07, 6.45) is 1.72. The first-order valence-corrected chi connectivity index (χ1v) is 8.78. The highest BCUT2D eigenvalue weighted by Gasteiger charge is 2.16. The molecular formula is C23H19NO4. The Morgan fingerprint density at radius 1 is 1.00 bits per heavy atom. The molecule has 0 aliphatic rings. The van der Waals surface area contributed by atoms with Crippen LogP contribution in [0.1, 0.15) is 23.6 Å². The van der Waals surface area contributed by atoms with Crippen LogP contribution >= 0.6 is 0 Å². The Hall–Kier alpha value is -3.73. The fourth-order valence-corrected chi connectivity index (χ4v) is 2.79. The molecule has 0 unspecified atom stereocenters. The van der Waals surface area contributed by atoms with E-state index in [4.69, 9.17) is 4.74 Å². The summed E-state index contributed by atoms with van der Waals surface area (Å²) in [6, 6.07) is 23.3. The second-order valence-corrected chi connectivity index (χ2v) is 6.24. The number of carbonyl (C=O) groups is 1. The second kappa shape index (κ2) is 8.77. The van der Waals surface area contributed by atoms with Gasteiger partial charge in [-0.05, 0) is 41.8 Å². The van der Waals surface area contributed by atoms with Gasteiger partial charge in [-0.25, -0.2) is 0 Å². The normalized spacial score (nSPS) is 11.1. The van der Waals surface area contributed by atoms with Gasteiger partial charge in [0.1, 0.15) is 6.61 Å². The van der Waals surface area contributed by atoms with Gasteiger partial charge in [0.05, 0.1) is 4.92 Å². The average Bonchev–Trinajstić information content (AvgIpc) is 2.71. The van der Waals surface area contributed by atoms with Crippen molar-refractivity contribution in [3.05, 3.63) is 106 Å². The summed E-state index contributed by atoms with van der Waals surface area (Å²) < 4.78 is 5.72. The van der Waals surface area contributed by atoms with Gasteiger partial charge in [-0.1, -0.05) is 60.7 Å². The Labute approximate surface area is 163 Å². The maximum absolute atomic E-state index is 12.1. The van der Waals surface area contributed by atoms with Crippen molar-refractivity contribution in [1.82, 2.24) is 0 Å². The van der Waals surface area contributed by atoms with Crippen LogP contribution in [-0.2, 0) is 11.4 Å². The number of ether oxygens (including phenoxy) is 1. The fourth-order valence-electron chi connectivity index (χ4n) is 2.79. The molecule has 3 aromatic carbocycles. The van der Waals surface area contributed by atoms with Crippen LogP contribution in [0.3, 0.4) is 0 Å². The quantitative estimate of drug-likeness (QED) is 0.244. The zero-order valence-corrected chi connectivity index (χ0v) is 15.4. The SMILES string of the molecule is CC(=O)/C(=C\c1ccc([N+](=O)[O-])c(OCc2ccccc2)c1)c1ccccc1. The summed E-state index contributed by atoms with van der Waals surface area (Å²) in [5.41, 5.74) is 2.77. The number of hydrogen-bond acceptors (Lipinski definition) is 4. The predicted molar refractivity (Wildman–Crippen MR) is 109 cm³/mol. The first-order valence-electron chi connectivity index (χ1n) is 8.78. The number of nitro benzene ring substituents is 1. The topological polar surface area (TPSA) is 69.4 Å². The predicted octanol–water partition coefficient (Wildman–Crippen LogP) is 5.30. The van der Waals surface area contributed by atoms with Crippen LogP contribution in [0.15, 0.2) is 78.9 Å². The van der Waals surface area contributed by atoms with Crippen LogP contribution in [0, 0.1) is 10.1 Å². The molecule has 0 bridgehead atoms. The van der Waals surface area contributed by atoms with E-state index in [0.29, 0.717) is 11.1 Å². The van der Waals surface area contributed by atoms with Crippen LogP contribution in [0.25, 0.3) is 11.6 Å². The number of benzene rings is 3. The highest BCUT2D eigenvalue weighted by molar-refractivity contribution is 6.24. The van der Waals surface area contributed by atoms with Crippen molar-refractivity contribution in [2.24, 2.45) is 0 Å². The van der Waals surface area contributed by atoms with Crippen molar-refractivity contribution >= 4 is 23.1 Å². The van der Waals surface area contributed by atoms with Crippen molar-refractivity contribution < 1.29 is 14.5 Å². The molecule has 0 spiro atoms. The first kappa shape index (κ1) is 19.0. The summed E-state index contributed by atoms with van der Waals surface area (Å²) in [6.45, 7) is 1.71. The molecule has 0 radical (unpaired) electrons. The number of allylic oxidation sites excluding steroid dienone is 1. The highest BCUT2D eigenvalue weighted by atomic mass is 16.6. The Morgan fingerprint density at radius 2 is 1.64 bits per heavy atom. The number of hydrogen-bond donors (Lipinski definition) is 0. The minimum Gasteiger partial charge on any atom is -0.482 e. The zero-order chi connectivity index (χ0) is 19.9. The van der Waals surface area contributed by atoms with Crippen molar-refractivity contribution in [2.45, 2.75) is 13.5 Å². The van der Waals surface area contributed by atoms with E-state index in [1.807, 2.05) is 60.7 Å². The van der Waals surface area contributed by atoms with Gasteiger partial charge in [-0.3, -0.25) is 14.9 Å². The molecule has 0 aromatic heterocycles. The van der Waals surface area contributed by atoms with Crippen molar-refractivity contribution in [2.75, 3.05) is 0 Å². The number of rotatable bonds is 7. The number of carbonyl (C=O) groups excluding carboxylic acids is 1. The molecule has 5 heteroatoms. The lowest BCUT2D eigenvalue weighted by Gasteiger charge is -2.09. The van der Waals surface area contributed by atoms with Gasteiger partial charge in [0.15, 0.2) is 11.5 Å². The molecule has 0 aliphatic heterocycles. The molecule has 0 amide bonds. The van der Waals surface area contributed by atoms with E-state index < -0.39 is 4.92 Å². The second-order valence-electron chi connectivity index (χ2n) is 6.24. The van der Waals surface area contributed by atoms with E-state index in [2.05, 4.69) is 0 Å². The van der Waals surface area contributed by atoms with Gasteiger partial charge in [-0.2, -0.15) is 0 Å². The molecule has 0 atom stereocenters. The van der Waals surface area contributed by atoms with E-state index in [-0.39, 0.29) is 23.8 Å². The lowest BCUT2D eigenvalue weighted by Crippen LogP contribution is -2.00. The van der Waals surface area contributed by atoms with E-state index in [0.717, 1.165) is 11.1 Å². The van der Waals surface area contributed by atoms with Crippen molar-refractivity contribution in [3.63, 3.8) is 0 Å². The highest BCUT2D eigenvalue weighted by Crippen LogP contribution is 2.30. The van der Waals surface area contributed by atoms with Gasteiger partial charge in [0.25, 0.3) is 0 Å². The summed E-state index contributed by atoms with van der Waals surface area (Å²) in [7, 11) is 0. The maximum atomic E-state index is 12.1. The van der Waals surface area contributed by atoms with Gasteiger partial charge in [-0.15, -0.1) is 0 Å². The molecule has 0 fully saturated rings. The largest absolute Gasteiger partial charge is 0.482 e. The van der Waals surface area contributed by atoms with E-state index in [1.165, 1.54) is 13.0 Å². The Bertz CT molecular complexity index is 1010. The molecule has 28 heavy (non-hydrogen) atoms. The van der Waals surface area contributed by atoms with Crippen molar-refractivity contribution in [3.8, 4) is 5.75 Å². The molecule has 5 nitrogen and oxygen atoms in total. The Morgan fingerprint density at radius 3 is 2.25 bits per heavy atom. The summed E-state index contributed by atoms with van der Waals surface area (Å²) >= 11 is 0. The third-order valence-corrected chi connectivity index (χ3v) is 4.19. The zero-order valence-electron chi connectivity index (χ0n) is 15.4. The molecule has 0 saturated carbocycles. The van der Waals surface area contributed by atoms with Gasteiger partial charge >= 0.3 is 5.69 Å². The van der Waals surface area contributed by atoms with Crippen LogP contribution < -0.4 is 4.74 Å². The van der Waals surface area contributed by atoms with E-state index in [1.54, 1.807) is 18.2 Å². The number of nitrogens with zero attached hydrogens (tertiary/aromatic N) is 1. The number of Topliss-reactive ketones (excluding diaryl/α,β-unsaturated/α-hetero) is 1. The maximum Gasteiger partial charge on any atom is 0.310 e. The van der Waals surface area contributed by atoms with Crippen LogP contribution in [0.4, 0.5) is 5.69 Å². The minimum atomic E-state index is -0.475. The van der Waals surface area contributed by atoms with Crippen LogP contribution in [0.5, 0.6) is 5.75 Å². The lowest BCUT2D eigenvalue weighted by atomic mass is 9.99. The monoisotopic (exact) mass is 373 g/mol. The van der Waals surface area contributed by atoms with E-state index in [9.17, 15) is 14.9 Å². The summed E-state index contributed by atoms with van der Waals surface area (Å²) in [5.74, 6) is 0.0786. The molecule has 0 N–H and O–H groups in total. The number of ketones is 1. The molecule has 0 aliphatic carbocycles. The molecule has 140 valence electrons. The smallest absolute Gasteiger partial charge is 0.310 e. The minimum absolute atomic E-state index is 0.0868. The Balaban J connectivity index is 1.95. The van der Waals surface area contributed by atoms with Crippen LogP contribution in [-0.4, -0.2) is 10.7 Å². The third-order valence-electron chi connectivity index (χ3n) is 4.19. The van der Waals surface area contributed by atoms with Gasteiger partial charge in [0.2, 0.25) is 0 Å². The molecule has 3 rings (SSSR count). The van der Waals surface area contributed by atoms with Crippen LogP contribution in [0.2, 0.25) is 0 Å². The molecule has 0 heterocycles. The molecule has 3 aromatic rings. The van der Waals surface area contributed by atoms with E-state index >= 15 is 0 Å². The van der Waals surface area contributed by atoms with Crippen molar-refractivity contribution in [1.29, 1.82) is 0 Å². The van der Waals surface area contributed by atoms with Gasteiger partial charge in [0, 0.05) is 11.6 Å². The van der Waals surface area contributed by atoms with Gasteiger partial charge < -0.3 is 4.74 Å². The Kier molecular flexibility index (Phi) is 5.97.